The molecule has 1 N–H and O–H groups in total. The number of para-hydroxylation sites is 1. The zero-order chi connectivity index (χ0) is 20.8. The molecule has 0 radical (unpaired) electrons. The average molecular weight is 412 g/mol. The number of rotatable bonds is 4. The molecule has 1 aromatic heterocycles. The van der Waals surface area contributed by atoms with Crippen molar-refractivity contribution in [3.63, 3.8) is 0 Å². The van der Waals surface area contributed by atoms with Gasteiger partial charge in [-0.05, 0) is 24.3 Å². The first-order valence-corrected chi connectivity index (χ1v) is 9.83. The lowest BCUT2D eigenvalue weighted by molar-refractivity contribution is -0.284. The standard InChI is InChI=1S/C21H24N4O5/c26-19(14-28-18-6-2-1-3-7-18)24-9-11-29-21(15-24)16-25(10-12-30-21)20(27)23-17-5-4-8-22-13-17/h1-8,13H,9-12,14-16H2,(H,23,27). The van der Waals surface area contributed by atoms with E-state index in [0.717, 1.165) is 0 Å². The summed E-state index contributed by atoms with van der Waals surface area (Å²) in [5, 5.41) is 2.82. The van der Waals surface area contributed by atoms with Crippen molar-refractivity contribution in [2.24, 2.45) is 0 Å². The molecule has 9 heteroatoms. The van der Waals surface area contributed by atoms with Crippen molar-refractivity contribution in [2.75, 3.05) is 51.3 Å². The molecular weight excluding hydrogens is 388 g/mol. The van der Waals surface area contributed by atoms with Gasteiger partial charge in [0.05, 0.1) is 38.2 Å². The first kappa shape index (κ1) is 20.1. The summed E-state index contributed by atoms with van der Waals surface area (Å²) in [5.74, 6) is -0.548. The van der Waals surface area contributed by atoms with Crippen LogP contribution in [0.3, 0.4) is 0 Å². The minimum atomic E-state index is -1.04. The van der Waals surface area contributed by atoms with Gasteiger partial charge in [0.2, 0.25) is 5.79 Å². The quantitative estimate of drug-likeness (QED) is 0.820. The highest BCUT2D eigenvalue weighted by Gasteiger charge is 2.44. The minimum Gasteiger partial charge on any atom is -0.484 e. The monoisotopic (exact) mass is 412 g/mol. The summed E-state index contributed by atoms with van der Waals surface area (Å²) in [6, 6.07) is 12.5. The largest absolute Gasteiger partial charge is 0.484 e. The van der Waals surface area contributed by atoms with Gasteiger partial charge >= 0.3 is 6.03 Å². The molecule has 158 valence electrons. The van der Waals surface area contributed by atoms with Crippen molar-refractivity contribution < 1.29 is 23.8 Å². The second-order valence-corrected chi connectivity index (χ2v) is 7.12. The Morgan fingerprint density at radius 2 is 1.77 bits per heavy atom. The number of carbonyl (C=O) groups excluding carboxylic acids is 2. The smallest absolute Gasteiger partial charge is 0.322 e. The lowest BCUT2D eigenvalue weighted by atomic mass is 10.1. The number of nitrogens with one attached hydrogen (secondary N) is 1. The van der Waals surface area contributed by atoms with Crippen LogP contribution >= 0.6 is 0 Å². The molecule has 1 atom stereocenters. The van der Waals surface area contributed by atoms with Crippen LogP contribution in [0.1, 0.15) is 0 Å². The van der Waals surface area contributed by atoms with Gasteiger partial charge in [-0.3, -0.25) is 9.78 Å². The summed E-state index contributed by atoms with van der Waals surface area (Å²) in [6.07, 6.45) is 3.22. The molecule has 0 aliphatic carbocycles. The van der Waals surface area contributed by atoms with E-state index in [1.807, 2.05) is 18.2 Å². The van der Waals surface area contributed by atoms with E-state index < -0.39 is 5.79 Å². The molecule has 1 aromatic carbocycles. The van der Waals surface area contributed by atoms with E-state index in [1.165, 1.54) is 0 Å². The number of morpholine rings is 2. The molecule has 2 aliphatic heterocycles. The molecule has 2 aromatic rings. The molecule has 1 unspecified atom stereocenters. The van der Waals surface area contributed by atoms with Crippen molar-refractivity contribution in [1.82, 2.24) is 14.8 Å². The lowest BCUT2D eigenvalue weighted by Crippen LogP contribution is -2.64. The number of hydrogen-bond donors (Lipinski definition) is 1. The number of anilines is 1. The molecule has 2 fully saturated rings. The molecular formula is C21H24N4O5. The summed E-state index contributed by atoms with van der Waals surface area (Å²) in [4.78, 5) is 32.6. The highest BCUT2D eigenvalue weighted by atomic mass is 16.7. The minimum absolute atomic E-state index is 0.0642. The second kappa shape index (κ2) is 9.10. The Morgan fingerprint density at radius 3 is 2.50 bits per heavy atom. The Labute approximate surface area is 174 Å². The van der Waals surface area contributed by atoms with Crippen LogP contribution in [-0.4, -0.2) is 78.5 Å². The summed E-state index contributed by atoms with van der Waals surface area (Å²) in [5.41, 5.74) is 0.613. The Hall–Kier alpha value is -3.17. The van der Waals surface area contributed by atoms with Crippen LogP contribution < -0.4 is 10.1 Å². The molecule has 3 amide bonds. The predicted molar refractivity (Wildman–Crippen MR) is 108 cm³/mol. The van der Waals surface area contributed by atoms with Gasteiger partial charge < -0.3 is 29.3 Å². The normalized spacial score (nSPS) is 21.3. The van der Waals surface area contributed by atoms with Crippen LogP contribution in [0.5, 0.6) is 5.75 Å². The Kier molecular flexibility index (Phi) is 6.10. The van der Waals surface area contributed by atoms with Crippen molar-refractivity contribution in [1.29, 1.82) is 0 Å². The van der Waals surface area contributed by atoms with Crippen LogP contribution in [0.25, 0.3) is 0 Å². The third-order valence-corrected chi connectivity index (χ3v) is 4.97. The molecule has 2 aliphatic rings. The van der Waals surface area contributed by atoms with Gasteiger partial charge in [0, 0.05) is 19.3 Å². The molecule has 3 heterocycles. The maximum atomic E-state index is 12.6. The fourth-order valence-electron chi connectivity index (χ4n) is 3.48. The number of benzene rings is 1. The van der Waals surface area contributed by atoms with E-state index in [0.29, 0.717) is 37.7 Å². The third kappa shape index (κ3) is 4.87. The van der Waals surface area contributed by atoms with Crippen LogP contribution in [0.15, 0.2) is 54.9 Å². The average Bonchev–Trinajstić information content (AvgIpc) is 2.79. The zero-order valence-corrected chi connectivity index (χ0v) is 16.5. The summed E-state index contributed by atoms with van der Waals surface area (Å²) in [7, 11) is 0. The van der Waals surface area contributed by atoms with Gasteiger partial charge in [-0.1, -0.05) is 18.2 Å². The topological polar surface area (TPSA) is 93.2 Å². The molecule has 4 rings (SSSR count). The van der Waals surface area contributed by atoms with Crippen molar-refractivity contribution in [3.8, 4) is 5.75 Å². The Balaban J connectivity index is 1.35. The number of pyridine rings is 1. The highest BCUT2D eigenvalue weighted by molar-refractivity contribution is 5.89. The van der Waals surface area contributed by atoms with Gasteiger partial charge in [-0.25, -0.2) is 4.79 Å². The van der Waals surface area contributed by atoms with Gasteiger partial charge in [-0.2, -0.15) is 0 Å². The van der Waals surface area contributed by atoms with E-state index >= 15 is 0 Å². The van der Waals surface area contributed by atoms with Gasteiger partial charge in [-0.15, -0.1) is 0 Å². The van der Waals surface area contributed by atoms with Gasteiger partial charge in [0.1, 0.15) is 5.75 Å². The SMILES string of the molecule is O=C(COc1ccccc1)N1CCOC2(C1)CN(C(=O)Nc1cccnc1)CCO2. The molecule has 0 saturated carbocycles. The van der Waals surface area contributed by atoms with E-state index in [4.69, 9.17) is 14.2 Å². The number of carbonyl (C=O) groups is 2. The van der Waals surface area contributed by atoms with Crippen LogP contribution in [0.4, 0.5) is 10.5 Å². The van der Waals surface area contributed by atoms with Gasteiger partial charge in [0.25, 0.3) is 5.91 Å². The summed E-state index contributed by atoms with van der Waals surface area (Å²) in [6.45, 7) is 1.93. The molecule has 1 spiro atoms. The first-order chi connectivity index (χ1) is 14.6. The van der Waals surface area contributed by atoms with Crippen LogP contribution in [0.2, 0.25) is 0 Å². The third-order valence-electron chi connectivity index (χ3n) is 4.97. The Bertz CT molecular complexity index is 862. The van der Waals surface area contributed by atoms with Crippen LogP contribution in [0, 0.1) is 0 Å². The molecule has 0 bridgehead atoms. The fourth-order valence-corrected chi connectivity index (χ4v) is 3.48. The predicted octanol–water partition coefficient (Wildman–Crippen LogP) is 1.58. The first-order valence-electron chi connectivity index (χ1n) is 9.83. The number of urea groups is 1. The van der Waals surface area contributed by atoms with Crippen molar-refractivity contribution >= 4 is 17.6 Å². The summed E-state index contributed by atoms with van der Waals surface area (Å²) < 4.78 is 17.3. The van der Waals surface area contributed by atoms with Crippen LogP contribution in [-0.2, 0) is 14.3 Å². The number of hydrogen-bond acceptors (Lipinski definition) is 6. The number of aromatic nitrogens is 1. The summed E-state index contributed by atoms with van der Waals surface area (Å²) >= 11 is 0. The second-order valence-electron chi connectivity index (χ2n) is 7.12. The van der Waals surface area contributed by atoms with Crippen molar-refractivity contribution in [3.05, 3.63) is 54.9 Å². The number of nitrogens with zero attached hydrogens (tertiary/aromatic N) is 3. The fraction of sp³-hybridized carbons (Fsp3) is 0.381. The van der Waals surface area contributed by atoms with Gasteiger partial charge in [0.15, 0.2) is 6.61 Å². The number of amides is 3. The number of ether oxygens (including phenoxy) is 3. The Morgan fingerprint density at radius 1 is 1.03 bits per heavy atom. The van der Waals surface area contributed by atoms with E-state index in [-0.39, 0.29) is 31.6 Å². The molecule has 9 nitrogen and oxygen atoms in total. The van der Waals surface area contributed by atoms with E-state index in [9.17, 15) is 9.59 Å². The molecule has 2 saturated heterocycles. The molecule has 30 heavy (non-hydrogen) atoms. The highest BCUT2D eigenvalue weighted by Crippen LogP contribution is 2.25. The maximum absolute atomic E-state index is 12.6. The lowest BCUT2D eigenvalue weighted by Gasteiger charge is -2.47. The van der Waals surface area contributed by atoms with E-state index in [2.05, 4.69) is 10.3 Å². The van der Waals surface area contributed by atoms with Crippen molar-refractivity contribution in [2.45, 2.75) is 5.79 Å². The maximum Gasteiger partial charge on any atom is 0.322 e. The zero-order valence-electron chi connectivity index (χ0n) is 16.5. The van der Waals surface area contributed by atoms with E-state index in [1.54, 1.807) is 46.5 Å².